The average Bonchev–Trinajstić information content (AvgIpc) is 3.14. The van der Waals surface area contributed by atoms with E-state index in [9.17, 15) is 23.2 Å². The number of ether oxygens (including phenoxy) is 1. The molecule has 1 aliphatic heterocycles. The van der Waals surface area contributed by atoms with E-state index >= 15 is 0 Å². The molecule has 2 aromatic rings. The van der Waals surface area contributed by atoms with Gasteiger partial charge in [0.25, 0.3) is 0 Å². The first-order valence-corrected chi connectivity index (χ1v) is 12.0. The second kappa shape index (κ2) is 9.13. The zero-order chi connectivity index (χ0) is 24.7. The zero-order valence-electron chi connectivity index (χ0n) is 19.3. The van der Waals surface area contributed by atoms with Gasteiger partial charge in [0.2, 0.25) is 0 Å². The number of cyclic esters (lactones) is 1. The zero-order valence-corrected chi connectivity index (χ0v) is 19.3. The molecule has 35 heavy (non-hydrogen) atoms. The highest BCUT2D eigenvalue weighted by atomic mass is 19.4. The lowest BCUT2D eigenvalue weighted by molar-refractivity contribution is -0.144. The third-order valence-corrected chi connectivity index (χ3v) is 7.93. The standard InChI is InChI=1S/C27H27F3N2O3/c1-15-25-22(23-13-21(32-34)8-5-17(23)12-24(25)26(33)35-15)10-9-20-7-6-18(14-31-20)16-3-2-4-19(11-16)27(28,29)30/h2-4,6-7,9-11,14-15,17,22-25,34H,5,8,12-13H2,1H3/b10-9+,32-21+/t15-,17+,22+,23?,24-,25+/m1/s1. The number of rotatable bonds is 3. The summed E-state index contributed by atoms with van der Waals surface area (Å²) in [6.45, 7) is 1.94. The largest absolute Gasteiger partial charge is 0.462 e. The molecule has 3 aliphatic rings. The number of hydrogen-bond acceptors (Lipinski definition) is 5. The molecular formula is C27H27F3N2O3. The Bertz CT molecular complexity index is 1160. The van der Waals surface area contributed by atoms with Crippen LogP contribution >= 0.6 is 0 Å². The van der Waals surface area contributed by atoms with Crippen molar-refractivity contribution >= 4 is 17.8 Å². The maximum atomic E-state index is 13.1. The van der Waals surface area contributed by atoms with Gasteiger partial charge in [0.05, 0.1) is 22.9 Å². The highest BCUT2D eigenvalue weighted by molar-refractivity contribution is 5.85. The van der Waals surface area contributed by atoms with Crippen LogP contribution in [0.4, 0.5) is 13.2 Å². The normalized spacial score (nSPS) is 31.9. The molecule has 2 saturated carbocycles. The number of nitrogens with zero attached hydrogens (tertiary/aromatic N) is 2. The van der Waals surface area contributed by atoms with Gasteiger partial charge in [-0.05, 0) is 80.2 Å². The summed E-state index contributed by atoms with van der Waals surface area (Å²) >= 11 is 0. The minimum absolute atomic E-state index is 0.0578. The molecule has 2 heterocycles. The van der Waals surface area contributed by atoms with Gasteiger partial charge >= 0.3 is 12.1 Å². The van der Waals surface area contributed by atoms with Crippen molar-refractivity contribution < 1.29 is 27.9 Å². The molecule has 0 spiro atoms. The van der Waals surface area contributed by atoms with Crippen LogP contribution in [0.2, 0.25) is 0 Å². The molecule has 1 saturated heterocycles. The molecule has 0 bridgehead atoms. The third kappa shape index (κ3) is 4.58. The van der Waals surface area contributed by atoms with Crippen LogP contribution in [0.25, 0.3) is 17.2 Å². The second-order valence-corrected chi connectivity index (χ2v) is 9.88. The van der Waals surface area contributed by atoms with Crippen molar-refractivity contribution in [1.82, 2.24) is 4.98 Å². The van der Waals surface area contributed by atoms with Crippen LogP contribution in [-0.4, -0.2) is 28.0 Å². The molecule has 2 aliphatic carbocycles. The fraction of sp³-hybridized carbons (Fsp3) is 0.444. The molecule has 0 radical (unpaired) electrons. The molecule has 5 nitrogen and oxygen atoms in total. The van der Waals surface area contributed by atoms with Crippen molar-refractivity contribution in [2.24, 2.45) is 34.7 Å². The SMILES string of the molecule is C[C@H]1OC(=O)[C@@H]2C[C@@H]3CC/C(=N\O)CC3[C@H](/C=C/c3ccc(-c4cccc(C(F)(F)F)c4)cn3)[C@H]12. The van der Waals surface area contributed by atoms with Gasteiger partial charge in [0.1, 0.15) is 6.10 Å². The first kappa shape index (κ1) is 23.6. The minimum Gasteiger partial charge on any atom is -0.462 e. The summed E-state index contributed by atoms with van der Waals surface area (Å²) in [5.74, 6) is 0.512. The fourth-order valence-electron chi connectivity index (χ4n) is 6.25. The summed E-state index contributed by atoms with van der Waals surface area (Å²) in [5.41, 5.74) is 1.84. The van der Waals surface area contributed by atoms with Crippen molar-refractivity contribution in [2.45, 2.75) is 44.9 Å². The predicted molar refractivity (Wildman–Crippen MR) is 124 cm³/mol. The number of pyridine rings is 1. The number of esters is 1. The summed E-state index contributed by atoms with van der Waals surface area (Å²) in [4.78, 5) is 17.0. The number of hydrogen-bond donors (Lipinski definition) is 1. The minimum atomic E-state index is -4.40. The van der Waals surface area contributed by atoms with Crippen LogP contribution in [0, 0.1) is 29.6 Å². The number of alkyl halides is 3. The van der Waals surface area contributed by atoms with Gasteiger partial charge in [-0.25, -0.2) is 0 Å². The Labute approximate surface area is 201 Å². The Morgan fingerprint density at radius 2 is 2.03 bits per heavy atom. The molecule has 8 heteroatoms. The summed E-state index contributed by atoms with van der Waals surface area (Å²) in [5, 5.41) is 12.8. The molecule has 1 aromatic carbocycles. The number of fused-ring (bicyclic) bond motifs is 2. The fourth-order valence-corrected chi connectivity index (χ4v) is 6.25. The van der Waals surface area contributed by atoms with E-state index in [-0.39, 0.29) is 35.7 Å². The van der Waals surface area contributed by atoms with Crippen LogP contribution in [0.1, 0.15) is 43.9 Å². The third-order valence-electron chi connectivity index (χ3n) is 7.93. The predicted octanol–water partition coefficient (Wildman–Crippen LogP) is 6.22. The number of carbonyl (C=O) groups is 1. The maximum Gasteiger partial charge on any atom is 0.416 e. The van der Waals surface area contributed by atoms with Crippen LogP contribution in [-0.2, 0) is 15.7 Å². The van der Waals surface area contributed by atoms with Crippen LogP contribution < -0.4 is 0 Å². The van der Waals surface area contributed by atoms with Gasteiger partial charge in [0, 0.05) is 17.7 Å². The highest BCUT2D eigenvalue weighted by Crippen LogP contribution is 2.53. The van der Waals surface area contributed by atoms with E-state index in [1.54, 1.807) is 24.4 Å². The van der Waals surface area contributed by atoms with Crippen LogP contribution in [0.5, 0.6) is 0 Å². The average molecular weight is 485 g/mol. The number of oxime groups is 1. The lowest BCUT2D eigenvalue weighted by Crippen LogP contribution is -2.44. The van der Waals surface area contributed by atoms with E-state index in [0.29, 0.717) is 29.2 Å². The van der Waals surface area contributed by atoms with Gasteiger partial charge in [-0.15, -0.1) is 0 Å². The van der Waals surface area contributed by atoms with Gasteiger partial charge in [-0.3, -0.25) is 9.78 Å². The highest BCUT2D eigenvalue weighted by Gasteiger charge is 2.54. The Morgan fingerprint density at radius 1 is 1.20 bits per heavy atom. The van der Waals surface area contributed by atoms with E-state index in [0.717, 1.165) is 37.1 Å². The smallest absolute Gasteiger partial charge is 0.416 e. The molecule has 184 valence electrons. The van der Waals surface area contributed by atoms with Gasteiger partial charge < -0.3 is 9.94 Å². The molecule has 1 unspecified atom stereocenters. The number of carbonyl (C=O) groups excluding carboxylic acids is 1. The van der Waals surface area contributed by atoms with Crippen molar-refractivity contribution in [3.05, 3.63) is 59.9 Å². The summed E-state index contributed by atoms with van der Waals surface area (Å²) in [6.07, 6.45) is 4.15. The maximum absolute atomic E-state index is 13.1. The first-order valence-electron chi connectivity index (χ1n) is 12.0. The monoisotopic (exact) mass is 484 g/mol. The molecular weight excluding hydrogens is 457 g/mol. The summed E-state index contributed by atoms with van der Waals surface area (Å²) in [7, 11) is 0. The van der Waals surface area contributed by atoms with Crippen LogP contribution in [0.3, 0.4) is 0 Å². The first-order chi connectivity index (χ1) is 16.7. The lowest BCUT2D eigenvalue weighted by atomic mass is 9.57. The van der Waals surface area contributed by atoms with Gasteiger partial charge in [0.15, 0.2) is 0 Å². The summed E-state index contributed by atoms with van der Waals surface area (Å²) in [6, 6.07) is 8.74. The van der Waals surface area contributed by atoms with E-state index < -0.39 is 11.7 Å². The van der Waals surface area contributed by atoms with E-state index in [2.05, 4.69) is 16.2 Å². The molecule has 5 rings (SSSR count). The van der Waals surface area contributed by atoms with Crippen molar-refractivity contribution in [1.29, 1.82) is 0 Å². The van der Waals surface area contributed by atoms with E-state index in [1.165, 1.54) is 6.07 Å². The lowest BCUT2D eigenvalue weighted by Gasteiger charge is -2.45. The molecule has 6 atom stereocenters. The van der Waals surface area contributed by atoms with Gasteiger partial charge in [-0.1, -0.05) is 29.4 Å². The number of halogens is 3. The number of benzene rings is 1. The second-order valence-electron chi connectivity index (χ2n) is 9.88. The van der Waals surface area contributed by atoms with Gasteiger partial charge in [-0.2, -0.15) is 13.2 Å². The quantitative estimate of drug-likeness (QED) is 0.319. The van der Waals surface area contributed by atoms with E-state index in [1.807, 2.05) is 13.0 Å². The molecule has 0 amide bonds. The topological polar surface area (TPSA) is 71.8 Å². The Balaban J connectivity index is 1.40. The number of aromatic nitrogens is 1. The Kier molecular flexibility index (Phi) is 6.15. The molecule has 1 aromatic heterocycles. The van der Waals surface area contributed by atoms with Crippen molar-refractivity contribution in [3.63, 3.8) is 0 Å². The van der Waals surface area contributed by atoms with Crippen molar-refractivity contribution in [3.8, 4) is 11.1 Å². The molecule has 1 N–H and O–H groups in total. The number of allylic oxidation sites excluding steroid dienone is 1. The summed E-state index contributed by atoms with van der Waals surface area (Å²) < 4.78 is 44.8. The Morgan fingerprint density at radius 3 is 2.74 bits per heavy atom. The molecule has 3 fully saturated rings. The van der Waals surface area contributed by atoms with Crippen molar-refractivity contribution in [2.75, 3.05) is 0 Å². The van der Waals surface area contributed by atoms with E-state index in [4.69, 9.17) is 4.74 Å². The Hall–Kier alpha value is -3.16. The van der Waals surface area contributed by atoms with Crippen LogP contribution in [0.15, 0.2) is 53.8 Å².